The number of rotatable bonds is 7. The summed E-state index contributed by atoms with van der Waals surface area (Å²) in [4.78, 5) is 41.6. The van der Waals surface area contributed by atoms with Crippen LogP contribution >= 0.6 is 0 Å². The summed E-state index contributed by atoms with van der Waals surface area (Å²) in [5.41, 5.74) is -4.57. The average Bonchev–Trinajstić information content (AvgIpc) is 2.91. The molecule has 4 rings (SSSR count). The molecule has 2 N–H and O–H groups in total. The molecule has 0 saturated heterocycles. The zero-order valence-corrected chi connectivity index (χ0v) is 21.5. The van der Waals surface area contributed by atoms with Crippen molar-refractivity contribution in [2.75, 3.05) is 5.32 Å². The molecular formula is C28H22F6N4O3. The van der Waals surface area contributed by atoms with Gasteiger partial charge in [-0.05, 0) is 73.3 Å². The summed E-state index contributed by atoms with van der Waals surface area (Å²) >= 11 is 0. The molecule has 7 nitrogen and oxygen atoms in total. The number of nitrogens with one attached hydrogen (secondary N) is 2. The van der Waals surface area contributed by atoms with Gasteiger partial charge >= 0.3 is 6.18 Å². The predicted octanol–water partition coefficient (Wildman–Crippen LogP) is 5.96. The van der Waals surface area contributed by atoms with Crippen LogP contribution in [0.5, 0.6) is 0 Å². The Morgan fingerprint density at radius 1 is 0.976 bits per heavy atom. The van der Waals surface area contributed by atoms with Gasteiger partial charge in [-0.1, -0.05) is 6.07 Å². The van der Waals surface area contributed by atoms with Gasteiger partial charge in [0.15, 0.2) is 5.67 Å². The Morgan fingerprint density at radius 3 is 2.27 bits per heavy atom. The lowest BCUT2D eigenvalue weighted by molar-refractivity contribution is -0.137. The molecule has 13 heteroatoms. The fraction of sp³-hybridized carbons (Fsp3) is 0.214. The van der Waals surface area contributed by atoms with E-state index in [-0.39, 0.29) is 28.9 Å². The number of nitrogens with zero attached hydrogens (tertiary/aromatic N) is 2. The minimum atomic E-state index is -4.54. The fourth-order valence-electron chi connectivity index (χ4n) is 3.89. The Morgan fingerprint density at radius 2 is 1.66 bits per heavy atom. The van der Waals surface area contributed by atoms with Gasteiger partial charge in [-0.25, -0.2) is 13.2 Å². The van der Waals surface area contributed by atoms with E-state index in [0.29, 0.717) is 5.39 Å². The van der Waals surface area contributed by atoms with E-state index >= 15 is 0 Å². The minimum absolute atomic E-state index is 0.0721. The van der Waals surface area contributed by atoms with Crippen LogP contribution in [0.25, 0.3) is 16.5 Å². The Hall–Kier alpha value is -4.68. The second kappa shape index (κ2) is 11.1. The lowest BCUT2D eigenvalue weighted by atomic mass is 10.1. The summed E-state index contributed by atoms with van der Waals surface area (Å²) in [6.45, 7) is 1.81. The van der Waals surface area contributed by atoms with E-state index in [9.17, 15) is 40.7 Å². The van der Waals surface area contributed by atoms with Gasteiger partial charge < -0.3 is 10.6 Å². The highest BCUT2D eigenvalue weighted by Crippen LogP contribution is 2.30. The number of pyridine rings is 2. The number of halogens is 6. The molecule has 214 valence electrons. The Balaban J connectivity index is 1.63. The summed E-state index contributed by atoms with van der Waals surface area (Å²) in [7, 11) is 0. The summed E-state index contributed by atoms with van der Waals surface area (Å²) in [6.07, 6.45) is -5.24. The molecular weight excluding hydrogens is 554 g/mol. The maximum absolute atomic E-state index is 13.8. The molecule has 0 unspecified atom stereocenters. The number of anilines is 1. The standard InChI is InChI=1S/C28H22F6N4O3/c1-27(2,31)26(41)36-14-15-11-21(22(23(29)30)35-13-15)24(39)37-18-6-3-16-9-10-38(25(40)20(16)12-18)19-7-4-17(5-8-19)28(32,33)34/h3-13,23H,14H2,1-2H3,(H,36,41)(H,37,39). The van der Waals surface area contributed by atoms with Crippen molar-refractivity contribution < 1.29 is 35.9 Å². The summed E-state index contributed by atoms with van der Waals surface area (Å²) in [5, 5.41) is 5.29. The second-order valence-corrected chi connectivity index (χ2v) is 9.52. The molecule has 2 aromatic carbocycles. The maximum Gasteiger partial charge on any atom is 0.416 e. The second-order valence-electron chi connectivity index (χ2n) is 9.52. The van der Waals surface area contributed by atoms with Crippen LogP contribution in [-0.4, -0.2) is 27.0 Å². The Labute approximate surface area is 228 Å². The third-order valence-electron chi connectivity index (χ3n) is 6.06. The molecule has 0 aliphatic rings. The number of hydrogen-bond donors (Lipinski definition) is 2. The van der Waals surface area contributed by atoms with Gasteiger partial charge in [0.1, 0.15) is 5.69 Å². The number of aromatic nitrogens is 2. The zero-order valence-electron chi connectivity index (χ0n) is 21.5. The van der Waals surface area contributed by atoms with Gasteiger partial charge in [-0.3, -0.25) is 23.9 Å². The molecule has 4 aromatic rings. The van der Waals surface area contributed by atoms with Gasteiger partial charge in [-0.2, -0.15) is 13.2 Å². The van der Waals surface area contributed by atoms with Crippen molar-refractivity contribution in [1.29, 1.82) is 0 Å². The first kappa shape index (κ1) is 29.3. The molecule has 0 fully saturated rings. The number of amides is 2. The Kier molecular flexibility index (Phi) is 7.91. The van der Waals surface area contributed by atoms with E-state index in [1.165, 1.54) is 24.4 Å². The predicted molar refractivity (Wildman–Crippen MR) is 139 cm³/mol. The van der Waals surface area contributed by atoms with Crippen molar-refractivity contribution in [2.24, 2.45) is 0 Å². The van der Waals surface area contributed by atoms with Crippen LogP contribution in [0.2, 0.25) is 0 Å². The summed E-state index contributed by atoms with van der Waals surface area (Å²) in [5.74, 6) is -1.93. The summed E-state index contributed by atoms with van der Waals surface area (Å²) in [6, 6.07) is 10.9. The van der Waals surface area contributed by atoms with E-state index in [1.54, 1.807) is 6.07 Å². The van der Waals surface area contributed by atoms with Crippen LogP contribution in [0.1, 0.15) is 47.5 Å². The van der Waals surface area contributed by atoms with E-state index in [2.05, 4.69) is 15.6 Å². The molecule has 41 heavy (non-hydrogen) atoms. The van der Waals surface area contributed by atoms with Crippen LogP contribution in [0.4, 0.5) is 32.0 Å². The first-order valence-corrected chi connectivity index (χ1v) is 12.0. The van der Waals surface area contributed by atoms with Crippen LogP contribution in [0, 0.1) is 0 Å². The van der Waals surface area contributed by atoms with Crippen LogP contribution in [0.15, 0.2) is 71.8 Å². The maximum atomic E-state index is 13.8. The van der Waals surface area contributed by atoms with E-state index in [4.69, 9.17) is 0 Å². The number of fused-ring (bicyclic) bond motifs is 1. The van der Waals surface area contributed by atoms with Gasteiger partial charge in [0.05, 0.1) is 11.1 Å². The van der Waals surface area contributed by atoms with Crippen molar-refractivity contribution >= 4 is 28.3 Å². The van der Waals surface area contributed by atoms with Gasteiger partial charge in [0, 0.05) is 35.7 Å². The highest BCUT2D eigenvalue weighted by molar-refractivity contribution is 6.06. The quantitative estimate of drug-likeness (QED) is 0.266. The van der Waals surface area contributed by atoms with Gasteiger partial charge in [-0.15, -0.1) is 0 Å². The average molecular weight is 576 g/mol. The number of carbonyl (C=O) groups is 2. The normalized spacial score (nSPS) is 12.0. The highest BCUT2D eigenvalue weighted by atomic mass is 19.4. The lowest BCUT2D eigenvalue weighted by Gasteiger charge is -2.15. The van der Waals surface area contributed by atoms with Gasteiger partial charge in [0.25, 0.3) is 23.8 Å². The first-order chi connectivity index (χ1) is 19.1. The molecule has 0 aliphatic heterocycles. The molecule has 2 amide bonds. The SMILES string of the molecule is CC(C)(F)C(=O)NCc1cnc(C(F)F)c(C(=O)Nc2ccc3ccn(-c4ccc(C(F)(F)F)cc4)c(=O)c3c2)c1. The molecule has 0 bridgehead atoms. The number of hydrogen-bond acceptors (Lipinski definition) is 4. The van der Waals surface area contributed by atoms with Crippen molar-refractivity contribution in [2.45, 2.75) is 38.7 Å². The molecule has 0 atom stereocenters. The fourth-order valence-corrected chi connectivity index (χ4v) is 3.89. The molecule has 0 spiro atoms. The zero-order chi connectivity index (χ0) is 30.1. The molecule has 0 radical (unpaired) electrons. The smallest absolute Gasteiger partial charge is 0.349 e. The van der Waals surface area contributed by atoms with E-state index in [1.807, 2.05) is 0 Å². The van der Waals surface area contributed by atoms with Crippen LogP contribution in [-0.2, 0) is 17.5 Å². The highest BCUT2D eigenvalue weighted by Gasteiger charge is 2.30. The topological polar surface area (TPSA) is 93.1 Å². The van der Waals surface area contributed by atoms with Crippen molar-refractivity contribution in [3.05, 3.63) is 99.7 Å². The molecule has 2 heterocycles. The summed E-state index contributed by atoms with van der Waals surface area (Å²) < 4.78 is 80.9. The third-order valence-corrected chi connectivity index (χ3v) is 6.06. The third kappa shape index (κ3) is 6.56. The first-order valence-electron chi connectivity index (χ1n) is 12.0. The van der Waals surface area contributed by atoms with E-state index in [0.717, 1.165) is 54.9 Å². The van der Waals surface area contributed by atoms with Crippen molar-refractivity contribution in [3.8, 4) is 5.69 Å². The van der Waals surface area contributed by atoms with Gasteiger partial charge in [0.2, 0.25) is 0 Å². The van der Waals surface area contributed by atoms with Crippen LogP contribution < -0.4 is 16.2 Å². The number of benzene rings is 2. The molecule has 0 aliphatic carbocycles. The Bertz CT molecular complexity index is 1680. The number of alkyl halides is 6. The molecule has 0 saturated carbocycles. The van der Waals surface area contributed by atoms with E-state index < -0.39 is 52.5 Å². The minimum Gasteiger partial charge on any atom is -0.349 e. The largest absolute Gasteiger partial charge is 0.416 e. The molecule has 2 aromatic heterocycles. The van der Waals surface area contributed by atoms with Crippen molar-refractivity contribution in [3.63, 3.8) is 0 Å². The van der Waals surface area contributed by atoms with Crippen molar-refractivity contribution in [1.82, 2.24) is 14.9 Å². The monoisotopic (exact) mass is 576 g/mol. The van der Waals surface area contributed by atoms with Crippen LogP contribution in [0.3, 0.4) is 0 Å². The lowest BCUT2D eigenvalue weighted by Crippen LogP contribution is -2.38. The number of carbonyl (C=O) groups excluding carboxylic acids is 2.